The zero-order chi connectivity index (χ0) is 34.4. The third kappa shape index (κ3) is 5.22. The van der Waals surface area contributed by atoms with E-state index in [0.29, 0.717) is 17.5 Å². The lowest BCUT2D eigenvalue weighted by atomic mass is 10.0. The molecule has 10 aromatic rings. The van der Waals surface area contributed by atoms with Crippen molar-refractivity contribution in [3.8, 4) is 56.8 Å². The number of aromatic nitrogens is 5. The van der Waals surface area contributed by atoms with E-state index in [1.807, 2.05) is 103 Å². The van der Waals surface area contributed by atoms with Crippen molar-refractivity contribution in [1.29, 1.82) is 0 Å². The molecule has 6 heteroatoms. The first kappa shape index (κ1) is 29.7. The van der Waals surface area contributed by atoms with Crippen LogP contribution in [0.5, 0.6) is 11.5 Å². The van der Waals surface area contributed by atoms with Crippen LogP contribution in [0.3, 0.4) is 0 Å². The fraction of sp³-hybridized carbons (Fsp3) is 0. The molecule has 0 aliphatic carbocycles. The third-order valence-electron chi connectivity index (χ3n) is 9.49. The molecule has 0 fully saturated rings. The minimum atomic E-state index is 0.605. The fourth-order valence-electron chi connectivity index (χ4n) is 6.95. The van der Waals surface area contributed by atoms with E-state index in [0.717, 1.165) is 66.9 Å². The monoisotopic (exact) mass is 667 g/mol. The summed E-state index contributed by atoms with van der Waals surface area (Å²) in [6.45, 7) is 0. The minimum absolute atomic E-state index is 0.605. The van der Waals surface area contributed by atoms with Crippen LogP contribution in [0.2, 0.25) is 0 Å². The van der Waals surface area contributed by atoms with Gasteiger partial charge in [-0.15, -0.1) is 0 Å². The summed E-state index contributed by atoms with van der Waals surface area (Å²) in [6, 6.07) is 59.6. The van der Waals surface area contributed by atoms with Crippen LogP contribution in [0.25, 0.3) is 83.6 Å². The Morgan fingerprint density at radius 2 is 0.846 bits per heavy atom. The highest BCUT2D eigenvalue weighted by atomic mass is 16.5. The Hall–Kier alpha value is -7.18. The second-order valence-corrected chi connectivity index (χ2v) is 12.7. The number of imidazole rings is 1. The van der Waals surface area contributed by atoms with Gasteiger partial charge in [-0.2, -0.15) is 0 Å². The van der Waals surface area contributed by atoms with Gasteiger partial charge in [0.05, 0.1) is 16.6 Å². The molecule has 10 rings (SSSR count). The highest BCUT2D eigenvalue weighted by Gasteiger charge is 2.15. The van der Waals surface area contributed by atoms with Gasteiger partial charge in [-0.05, 0) is 71.1 Å². The lowest BCUT2D eigenvalue weighted by Crippen LogP contribution is -2.00. The first-order valence-corrected chi connectivity index (χ1v) is 17.2. The summed E-state index contributed by atoms with van der Waals surface area (Å²) in [5.74, 6) is 3.35. The summed E-state index contributed by atoms with van der Waals surface area (Å²) in [6.07, 6.45) is 0. The normalized spacial score (nSPS) is 11.5. The van der Waals surface area contributed by atoms with Crippen LogP contribution in [0.4, 0.5) is 0 Å². The second-order valence-electron chi connectivity index (χ2n) is 12.7. The maximum atomic E-state index is 6.29. The van der Waals surface area contributed by atoms with Crippen LogP contribution in [-0.2, 0) is 0 Å². The molecule has 3 aromatic heterocycles. The maximum Gasteiger partial charge on any atom is 0.164 e. The number of nitrogens with zero attached hydrogens (tertiary/aromatic N) is 5. The van der Waals surface area contributed by atoms with Gasteiger partial charge in [0.25, 0.3) is 0 Å². The van der Waals surface area contributed by atoms with Crippen LogP contribution < -0.4 is 4.74 Å². The standard InChI is InChI=1S/C46H29N5O/c1-3-11-31(12-4-1)43-48-44(32-13-5-2-6-14-32)50-45(49-43)33-21-26-36(27-22-33)52-35-24-19-30(20-25-35)34-23-28-38-37-15-7-8-16-39(37)46-47-40-17-9-10-18-41(40)51(46)42(38)29-34/h1-29H. The Morgan fingerprint density at radius 3 is 1.48 bits per heavy atom. The zero-order valence-electron chi connectivity index (χ0n) is 27.9. The van der Waals surface area contributed by atoms with E-state index in [1.165, 1.54) is 10.8 Å². The topological polar surface area (TPSA) is 65.2 Å². The molecule has 6 nitrogen and oxygen atoms in total. The lowest BCUT2D eigenvalue weighted by molar-refractivity contribution is 0.483. The highest BCUT2D eigenvalue weighted by molar-refractivity contribution is 6.14. The van der Waals surface area contributed by atoms with E-state index in [4.69, 9.17) is 24.7 Å². The lowest BCUT2D eigenvalue weighted by Gasteiger charge is -2.12. The summed E-state index contributed by atoms with van der Waals surface area (Å²) in [7, 11) is 0. The third-order valence-corrected chi connectivity index (χ3v) is 9.49. The summed E-state index contributed by atoms with van der Waals surface area (Å²) < 4.78 is 8.59. The van der Waals surface area contributed by atoms with Gasteiger partial charge in [0.15, 0.2) is 17.5 Å². The SMILES string of the molecule is c1ccc(-c2nc(-c3ccccc3)nc(-c3ccc(Oc4ccc(-c5ccc6c7ccccc7c7nc8ccccc8n7c6c5)cc4)cc3)n2)cc1. The van der Waals surface area contributed by atoms with E-state index >= 15 is 0 Å². The molecule has 3 heterocycles. The van der Waals surface area contributed by atoms with Crippen LogP contribution in [-0.4, -0.2) is 24.3 Å². The van der Waals surface area contributed by atoms with Crippen LogP contribution >= 0.6 is 0 Å². The number of para-hydroxylation sites is 2. The maximum absolute atomic E-state index is 6.29. The van der Waals surface area contributed by atoms with E-state index in [1.54, 1.807) is 0 Å². The minimum Gasteiger partial charge on any atom is -0.457 e. The number of rotatable bonds is 6. The number of pyridine rings is 1. The van der Waals surface area contributed by atoms with Crippen molar-refractivity contribution in [2.45, 2.75) is 0 Å². The Morgan fingerprint density at radius 1 is 0.346 bits per heavy atom. The molecule has 0 saturated heterocycles. The molecule has 0 atom stereocenters. The zero-order valence-corrected chi connectivity index (χ0v) is 27.9. The highest BCUT2D eigenvalue weighted by Crippen LogP contribution is 2.35. The van der Waals surface area contributed by atoms with E-state index < -0.39 is 0 Å². The number of benzene rings is 7. The summed E-state index contributed by atoms with van der Waals surface area (Å²) >= 11 is 0. The van der Waals surface area contributed by atoms with Gasteiger partial charge < -0.3 is 4.74 Å². The summed E-state index contributed by atoms with van der Waals surface area (Å²) in [4.78, 5) is 19.5. The Labute approximate surface area is 299 Å². The molecule has 7 aromatic carbocycles. The van der Waals surface area contributed by atoms with Crippen molar-refractivity contribution in [3.05, 3.63) is 176 Å². The second kappa shape index (κ2) is 12.3. The number of hydrogen-bond acceptors (Lipinski definition) is 5. The molecular formula is C46H29N5O. The average Bonchev–Trinajstić information content (AvgIpc) is 3.62. The van der Waals surface area contributed by atoms with Crippen molar-refractivity contribution < 1.29 is 4.74 Å². The molecule has 0 aliphatic heterocycles. The Kier molecular flexibility index (Phi) is 7.03. The number of fused-ring (bicyclic) bond motifs is 8. The summed E-state index contributed by atoms with van der Waals surface area (Å²) in [5.41, 5.74) is 9.17. The van der Waals surface area contributed by atoms with Gasteiger partial charge in [-0.1, -0.05) is 121 Å². The number of ether oxygens (including phenoxy) is 1. The van der Waals surface area contributed by atoms with Crippen LogP contribution in [0, 0.1) is 0 Å². The molecule has 0 bridgehead atoms. The van der Waals surface area contributed by atoms with E-state index in [2.05, 4.69) is 77.2 Å². The Bertz CT molecular complexity index is 2850. The van der Waals surface area contributed by atoms with Crippen molar-refractivity contribution in [2.75, 3.05) is 0 Å². The van der Waals surface area contributed by atoms with Crippen molar-refractivity contribution >= 4 is 38.4 Å². The van der Waals surface area contributed by atoms with Gasteiger partial charge in [0, 0.05) is 27.5 Å². The van der Waals surface area contributed by atoms with Gasteiger partial charge in [0.2, 0.25) is 0 Å². The fourth-order valence-corrected chi connectivity index (χ4v) is 6.95. The van der Waals surface area contributed by atoms with E-state index in [-0.39, 0.29) is 0 Å². The van der Waals surface area contributed by atoms with Crippen LogP contribution in [0.15, 0.2) is 176 Å². The predicted molar refractivity (Wildman–Crippen MR) is 209 cm³/mol. The van der Waals surface area contributed by atoms with Gasteiger partial charge in [-0.3, -0.25) is 4.40 Å². The predicted octanol–water partition coefficient (Wildman–Crippen LogP) is 11.4. The quantitative estimate of drug-likeness (QED) is 0.165. The number of hydrogen-bond donors (Lipinski definition) is 0. The Balaban J connectivity index is 0.951. The first-order valence-electron chi connectivity index (χ1n) is 17.2. The van der Waals surface area contributed by atoms with Crippen LogP contribution in [0.1, 0.15) is 0 Å². The molecule has 0 unspecified atom stereocenters. The molecule has 0 spiro atoms. The molecule has 0 saturated carbocycles. The summed E-state index contributed by atoms with van der Waals surface area (Å²) in [5, 5.41) is 3.55. The first-order chi connectivity index (χ1) is 25.7. The van der Waals surface area contributed by atoms with Gasteiger partial charge in [-0.25, -0.2) is 19.9 Å². The van der Waals surface area contributed by atoms with Crippen molar-refractivity contribution in [3.63, 3.8) is 0 Å². The molecule has 0 amide bonds. The average molecular weight is 668 g/mol. The van der Waals surface area contributed by atoms with E-state index in [9.17, 15) is 0 Å². The molecule has 0 aliphatic rings. The van der Waals surface area contributed by atoms with Gasteiger partial charge in [0.1, 0.15) is 17.1 Å². The van der Waals surface area contributed by atoms with Gasteiger partial charge >= 0.3 is 0 Å². The molecule has 244 valence electrons. The van der Waals surface area contributed by atoms with Crippen molar-refractivity contribution in [2.24, 2.45) is 0 Å². The van der Waals surface area contributed by atoms with Crippen molar-refractivity contribution in [1.82, 2.24) is 24.3 Å². The molecule has 0 radical (unpaired) electrons. The molecular weight excluding hydrogens is 639 g/mol. The smallest absolute Gasteiger partial charge is 0.164 e. The molecule has 52 heavy (non-hydrogen) atoms. The molecule has 0 N–H and O–H groups in total. The largest absolute Gasteiger partial charge is 0.457 e.